The molecule has 102 valence electrons. The van der Waals surface area contributed by atoms with Gasteiger partial charge in [0.1, 0.15) is 12.3 Å². The fourth-order valence-electron chi connectivity index (χ4n) is 1.59. The fraction of sp³-hybridized carbons (Fsp3) is 0.385. The molecule has 1 atom stereocenters. The summed E-state index contributed by atoms with van der Waals surface area (Å²) in [7, 11) is 1.62. The van der Waals surface area contributed by atoms with Gasteiger partial charge >= 0.3 is 0 Å². The van der Waals surface area contributed by atoms with E-state index >= 15 is 0 Å². The lowest BCUT2D eigenvalue weighted by molar-refractivity contribution is 0.273. The second-order valence-corrected chi connectivity index (χ2v) is 4.68. The van der Waals surface area contributed by atoms with Crippen molar-refractivity contribution >= 4 is 11.6 Å². The number of hydrogen-bond acceptors (Lipinski definition) is 4. The summed E-state index contributed by atoms with van der Waals surface area (Å²) in [6, 6.07) is 7.53. The first-order valence-corrected chi connectivity index (χ1v) is 6.44. The lowest BCUT2D eigenvalue weighted by atomic mass is 10.3. The minimum atomic E-state index is -0.135. The van der Waals surface area contributed by atoms with Crippen LogP contribution in [0.5, 0.6) is 11.5 Å². The van der Waals surface area contributed by atoms with Crippen molar-refractivity contribution in [2.24, 2.45) is 0 Å². The number of aromatic nitrogens is 3. The van der Waals surface area contributed by atoms with Crippen LogP contribution in [0.15, 0.2) is 30.5 Å². The van der Waals surface area contributed by atoms with E-state index < -0.39 is 0 Å². The van der Waals surface area contributed by atoms with Gasteiger partial charge < -0.3 is 9.47 Å². The highest BCUT2D eigenvalue weighted by molar-refractivity contribution is 6.20. The molecule has 19 heavy (non-hydrogen) atoms. The van der Waals surface area contributed by atoms with Gasteiger partial charge in [-0.1, -0.05) is 17.3 Å². The van der Waals surface area contributed by atoms with Gasteiger partial charge in [0.2, 0.25) is 0 Å². The quantitative estimate of drug-likeness (QED) is 0.764. The smallest absolute Gasteiger partial charge is 0.161 e. The number of methoxy groups -OCH3 is 1. The third-order valence-corrected chi connectivity index (χ3v) is 2.83. The first-order chi connectivity index (χ1) is 9.20. The Balaban J connectivity index is 1.89. The molecule has 1 unspecified atom stereocenters. The van der Waals surface area contributed by atoms with Crippen LogP contribution in [-0.2, 0) is 6.54 Å². The average molecular weight is 282 g/mol. The SMILES string of the molecule is COc1ccccc1OCCn1cc(C(C)Cl)nn1. The predicted molar refractivity (Wildman–Crippen MR) is 72.8 cm³/mol. The van der Waals surface area contributed by atoms with Crippen molar-refractivity contribution in [1.82, 2.24) is 15.0 Å². The van der Waals surface area contributed by atoms with Crippen molar-refractivity contribution in [3.8, 4) is 11.5 Å². The van der Waals surface area contributed by atoms with Crippen molar-refractivity contribution in [2.75, 3.05) is 13.7 Å². The number of halogens is 1. The van der Waals surface area contributed by atoms with Crippen LogP contribution < -0.4 is 9.47 Å². The van der Waals surface area contributed by atoms with Gasteiger partial charge in [-0.3, -0.25) is 0 Å². The van der Waals surface area contributed by atoms with Crippen LogP contribution in [0.25, 0.3) is 0 Å². The molecule has 5 nitrogen and oxygen atoms in total. The van der Waals surface area contributed by atoms with Gasteiger partial charge in [-0.15, -0.1) is 16.7 Å². The van der Waals surface area contributed by atoms with Crippen LogP contribution in [0.2, 0.25) is 0 Å². The number of rotatable bonds is 6. The van der Waals surface area contributed by atoms with Crippen molar-refractivity contribution in [2.45, 2.75) is 18.8 Å². The lowest BCUT2D eigenvalue weighted by Crippen LogP contribution is -2.09. The van der Waals surface area contributed by atoms with E-state index in [1.54, 1.807) is 11.8 Å². The summed E-state index contributed by atoms with van der Waals surface area (Å²) in [4.78, 5) is 0. The number of benzene rings is 1. The zero-order valence-corrected chi connectivity index (χ0v) is 11.7. The van der Waals surface area contributed by atoms with Crippen molar-refractivity contribution in [3.63, 3.8) is 0 Å². The van der Waals surface area contributed by atoms with Gasteiger partial charge in [-0.05, 0) is 19.1 Å². The molecule has 0 spiro atoms. The zero-order chi connectivity index (χ0) is 13.7. The molecule has 0 amide bonds. The van der Waals surface area contributed by atoms with Crippen LogP contribution in [0.4, 0.5) is 0 Å². The van der Waals surface area contributed by atoms with E-state index in [1.165, 1.54) is 0 Å². The first-order valence-electron chi connectivity index (χ1n) is 6.00. The monoisotopic (exact) mass is 281 g/mol. The van der Waals surface area contributed by atoms with Crippen molar-refractivity contribution < 1.29 is 9.47 Å². The number of hydrogen-bond donors (Lipinski definition) is 0. The summed E-state index contributed by atoms with van der Waals surface area (Å²) in [6.45, 7) is 2.95. The van der Waals surface area contributed by atoms with Crippen LogP contribution >= 0.6 is 11.6 Å². The van der Waals surface area contributed by atoms with E-state index in [4.69, 9.17) is 21.1 Å². The van der Waals surface area contributed by atoms with Crippen molar-refractivity contribution in [1.29, 1.82) is 0 Å². The predicted octanol–water partition coefficient (Wildman–Crippen LogP) is 2.67. The lowest BCUT2D eigenvalue weighted by Gasteiger charge is -2.09. The van der Waals surface area contributed by atoms with Gasteiger partial charge in [0, 0.05) is 0 Å². The fourth-order valence-corrected chi connectivity index (χ4v) is 1.69. The Morgan fingerprint density at radius 1 is 1.32 bits per heavy atom. The summed E-state index contributed by atoms with van der Waals surface area (Å²) in [5.74, 6) is 1.44. The molecule has 0 N–H and O–H groups in total. The third-order valence-electron chi connectivity index (χ3n) is 2.61. The Morgan fingerprint density at radius 2 is 2.05 bits per heavy atom. The van der Waals surface area contributed by atoms with Crippen LogP contribution in [0.1, 0.15) is 18.0 Å². The first kappa shape index (κ1) is 13.7. The summed E-state index contributed by atoms with van der Waals surface area (Å²) >= 11 is 5.92. The topological polar surface area (TPSA) is 49.2 Å². The van der Waals surface area contributed by atoms with E-state index in [2.05, 4.69) is 10.3 Å². The van der Waals surface area contributed by atoms with E-state index in [1.807, 2.05) is 37.4 Å². The van der Waals surface area contributed by atoms with E-state index in [0.717, 1.165) is 17.2 Å². The molecule has 6 heteroatoms. The minimum Gasteiger partial charge on any atom is -0.493 e. The second-order valence-electron chi connectivity index (χ2n) is 4.02. The Hall–Kier alpha value is -1.75. The number of ether oxygens (including phenoxy) is 2. The number of para-hydroxylation sites is 2. The molecule has 1 aromatic heterocycles. The van der Waals surface area contributed by atoms with E-state index in [0.29, 0.717) is 13.2 Å². The molecule has 0 radical (unpaired) electrons. The Kier molecular flexibility index (Phi) is 4.63. The normalized spacial score (nSPS) is 12.2. The molecular formula is C13H16ClN3O2. The molecular weight excluding hydrogens is 266 g/mol. The maximum absolute atomic E-state index is 5.92. The Bertz CT molecular complexity index is 528. The molecule has 1 aromatic carbocycles. The second kappa shape index (κ2) is 6.43. The van der Waals surface area contributed by atoms with E-state index in [9.17, 15) is 0 Å². The highest BCUT2D eigenvalue weighted by Crippen LogP contribution is 2.25. The standard InChI is InChI=1S/C13H16ClN3O2/c1-10(14)11-9-17(16-15-11)7-8-19-13-6-4-3-5-12(13)18-2/h3-6,9-10H,7-8H2,1-2H3. The van der Waals surface area contributed by atoms with Gasteiger partial charge in [-0.25, -0.2) is 4.68 Å². The molecule has 0 bridgehead atoms. The highest BCUT2D eigenvalue weighted by Gasteiger charge is 2.07. The largest absolute Gasteiger partial charge is 0.493 e. The van der Waals surface area contributed by atoms with Crippen molar-refractivity contribution in [3.05, 3.63) is 36.2 Å². The maximum Gasteiger partial charge on any atom is 0.161 e. The third kappa shape index (κ3) is 3.61. The zero-order valence-electron chi connectivity index (χ0n) is 10.9. The average Bonchev–Trinajstić information content (AvgIpc) is 2.88. The van der Waals surface area contributed by atoms with Gasteiger partial charge in [0.15, 0.2) is 11.5 Å². The molecule has 2 aromatic rings. The molecule has 2 rings (SSSR count). The van der Waals surface area contributed by atoms with Gasteiger partial charge in [0.05, 0.1) is 25.2 Å². The van der Waals surface area contributed by atoms with Gasteiger partial charge in [-0.2, -0.15) is 0 Å². The van der Waals surface area contributed by atoms with Gasteiger partial charge in [0.25, 0.3) is 0 Å². The summed E-state index contributed by atoms with van der Waals surface area (Å²) in [5, 5.41) is 7.82. The molecule has 0 aliphatic heterocycles. The molecule has 0 saturated carbocycles. The molecule has 1 heterocycles. The summed E-state index contributed by atoms with van der Waals surface area (Å²) < 4.78 is 12.6. The van der Waals surface area contributed by atoms with E-state index in [-0.39, 0.29) is 5.38 Å². The summed E-state index contributed by atoms with van der Waals surface area (Å²) in [6.07, 6.45) is 1.82. The molecule has 0 aliphatic carbocycles. The number of alkyl halides is 1. The Labute approximate surface area is 117 Å². The minimum absolute atomic E-state index is 0.135. The van der Waals surface area contributed by atoms with Crippen LogP contribution in [-0.4, -0.2) is 28.7 Å². The van der Waals surface area contributed by atoms with Crippen LogP contribution in [0, 0.1) is 0 Å². The number of nitrogens with zero attached hydrogens (tertiary/aromatic N) is 3. The van der Waals surface area contributed by atoms with Crippen LogP contribution in [0.3, 0.4) is 0 Å². The highest BCUT2D eigenvalue weighted by atomic mass is 35.5. The molecule has 0 aliphatic rings. The molecule has 0 saturated heterocycles. The maximum atomic E-state index is 5.92. The summed E-state index contributed by atoms with van der Waals surface area (Å²) in [5.41, 5.74) is 0.763. The Morgan fingerprint density at radius 3 is 2.68 bits per heavy atom. The molecule has 0 fully saturated rings.